The van der Waals surface area contributed by atoms with Crippen LogP contribution in [0.15, 0.2) is 24.3 Å². The van der Waals surface area contributed by atoms with Gasteiger partial charge in [0.1, 0.15) is 6.04 Å². The summed E-state index contributed by atoms with van der Waals surface area (Å²) < 4.78 is 0. The number of nitrogens with two attached hydrogens (primary N) is 1. The van der Waals surface area contributed by atoms with E-state index < -0.39 is 6.04 Å². The summed E-state index contributed by atoms with van der Waals surface area (Å²) in [5.74, 6) is -0.140. The molecule has 2 rings (SSSR count). The maximum Gasteiger partial charge on any atom is 0.240 e. The van der Waals surface area contributed by atoms with Crippen LogP contribution in [0.3, 0.4) is 0 Å². The highest BCUT2D eigenvalue weighted by Gasteiger charge is 2.31. The lowest BCUT2D eigenvalue weighted by atomic mass is 10.1. The topological polar surface area (TPSA) is 70.1 Å². The monoisotopic (exact) mass is 277 g/mol. The minimum absolute atomic E-state index is 0.140. The van der Waals surface area contributed by atoms with E-state index in [2.05, 4.69) is 6.07 Å². The first-order chi connectivity index (χ1) is 9.11. The Morgan fingerprint density at radius 3 is 2.84 bits per heavy atom. The van der Waals surface area contributed by atoms with Gasteiger partial charge >= 0.3 is 0 Å². The third-order valence-corrected chi connectivity index (χ3v) is 3.62. The molecule has 1 aromatic carbocycles. The van der Waals surface area contributed by atoms with Gasteiger partial charge in [-0.1, -0.05) is 23.7 Å². The zero-order valence-electron chi connectivity index (χ0n) is 10.6. The number of carbonyl (C=O) groups excluding carboxylic acids is 1. The molecule has 0 bridgehead atoms. The summed E-state index contributed by atoms with van der Waals surface area (Å²) in [7, 11) is 0. The van der Waals surface area contributed by atoms with Crippen molar-refractivity contribution in [3.8, 4) is 6.07 Å². The lowest BCUT2D eigenvalue weighted by Gasteiger charge is -2.23. The zero-order chi connectivity index (χ0) is 13.8. The SMILES string of the molecule is N#C[C@@H]1CCCN1C(=O)[C@@H](N)Cc1ccc(Cl)cc1. The van der Waals surface area contributed by atoms with Gasteiger partial charge in [0.2, 0.25) is 5.91 Å². The normalized spacial score (nSPS) is 20.1. The van der Waals surface area contributed by atoms with Gasteiger partial charge in [0.25, 0.3) is 0 Å². The number of carbonyl (C=O) groups is 1. The fourth-order valence-electron chi connectivity index (χ4n) is 2.34. The lowest BCUT2D eigenvalue weighted by molar-refractivity contribution is -0.132. The van der Waals surface area contributed by atoms with Crippen LogP contribution in [-0.2, 0) is 11.2 Å². The van der Waals surface area contributed by atoms with E-state index in [4.69, 9.17) is 22.6 Å². The van der Waals surface area contributed by atoms with Gasteiger partial charge < -0.3 is 10.6 Å². The molecule has 100 valence electrons. The Morgan fingerprint density at radius 2 is 2.21 bits per heavy atom. The number of likely N-dealkylation sites (tertiary alicyclic amines) is 1. The first-order valence-electron chi connectivity index (χ1n) is 6.32. The molecule has 0 radical (unpaired) electrons. The Hall–Kier alpha value is -1.57. The van der Waals surface area contributed by atoms with Crippen molar-refractivity contribution in [1.29, 1.82) is 5.26 Å². The predicted octanol–water partition coefficient (Wildman–Crippen LogP) is 1.72. The quantitative estimate of drug-likeness (QED) is 0.915. The van der Waals surface area contributed by atoms with Crippen molar-refractivity contribution in [1.82, 2.24) is 4.90 Å². The van der Waals surface area contributed by atoms with Gasteiger partial charge in [0.15, 0.2) is 0 Å². The molecule has 5 heteroatoms. The maximum atomic E-state index is 12.2. The lowest BCUT2D eigenvalue weighted by Crippen LogP contribution is -2.46. The van der Waals surface area contributed by atoms with Crippen LogP contribution in [-0.4, -0.2) is 29.4 Å². The fourth-order valence-corrected chi connectivity index (χ4v) is 2.47. The van der Waals surface area contributed by atoms with Crippen LogP contribution < -0.4 is 5.73 Å². The molecule has 0 aromatic heterocycles. The zero-order valence-corrected chi connectivity index (χ0v) is 11.3. The third-order valence-electron chi connectivity index (χ3n) is 3.37. The van der Waals surface area contributed by atoms with E-state index in [9.17, 15) is 4.79 Å². The second kappa shape index (κ2) is 6.05. The van der Waals surface area contributed by atoms with Crippen LogP contribution in [0.1, 0.15) is 18.4 Å². The van der Waals surface area contributed by atoms with Gasteiger partial charge in [-0.15, -0.1) is 0 Å². The smallest absolute Gasteiger partial charge is 0.240 e. The van der Waals surface area contributed by atoms with Crippen molar-refractivity contribution in [3.05, 3.63) is 34.9 Å². The van der Waals surface area contributed by atoms with Crippen LogP contribution in [0, 0.1) is 11.3 Å². The van der Waals surface area contributed by atoms with E-state index in [1.165, 1.54) is 0 Å². The van der Waals surface area contributed by atoms with Crippen molar-refractivity contribution in [2.24, 2.45) is 5.73 Å². The first-order valence-corrected chi connectivity index (χ1v) is 6.69. The molecule has 0 spiro atoms. The summed E-state index contributed by atoms with van der Waals surface area (Å²) >= 11 is 5.81. The Kier molecular flexibility index (Phi) is 4.41. The Balaban J connectivity index is 1.99. The summed E-state index contributed by atoms with van der Waals surface area (Å²) in [6.07, 6.45) is 2.08. The van der Waals surface area contributed by atoms with Gasteiger partial charge in [0.05, 0.1) is 12.1 Å². The number of hydrogen-bond acceptors (Lipinski definition) is 3. The minimum atomic E-state index is -0.602. The molecule has 1 fully saturated rings. The van der Waals surface area contributed by atoms with Crippen molar-refractivity contribution >= 4 is 17.5 Å². The molecule has 0 aliphatic carbocycles. The molecule has 1 aliphatic heterocycles. The second-order valence-corrected chi connectivity index (χ2v) is 5.19. The number of amides is 1. The molecule has 1 amide bonds. The molecule has 1 aliphatic rings. The van der Waals surface area contributed by atoms with Crippen molar-refractivity contribution in [2.75, 3.05) is 6.54 Å². The third kappa shape index (κ3) is 3.25. The minimum Gasteiger partial charge on any atom is -0.325 e. The standard InChI is InChI=1S/C14H16ClN3O/c15-11-5-3-10(4-6-11)8-13(17)14(19)18-7-1-2-12(18)9-16/h3-6,12-13H,1-2,7-8,17H2/t12-,13-/m0/s1. The summed E-state index contributed by atoms with van der Waals surface area (Å²) in [5, 5.41) is 9.65. The predicted molar refractivity (Wildman–Crippen MR) is 73.5 cm³/mol. The molecule has 4 nitrogen and oxygen atoms in total. The Labute approximate surface area is 117 Å². The highest BCUT2D eigenvalue weighted by atomic mass is 35.5. The van der Waals surface area contributed by atoms with E-state index in [0.29, 0.717) is 18.0 Å². The summed E-state index contributed by atoms with van der Waals surface area (Å²) in [5.41, 5.74) is 6.92. The van der Waals surface area contributed by atoms with Crippen LogP contribution in [0.25, 0.3) is 0 Å². The largest absolute Gasteiger partial charge is 0.325 e. The van der Waals surface area contributed by atoms with Gasteiger partial charge in [-0.3, -0.25) is 4.79 Å². The van der Waals surface area contributed by atoms with E-state index >= 15 is 0 Å². The summed E-state index contributed by atoms with van der Waals surface area (Å²) in [4.78, 5) is 13.8. The highest BCUT2D eigenvalue weighted by molar-refractivity contribution is 6.30. The molecular weight excluding hydrogens is 262 g/mol. The number of nitriles is 1. The van der Waals surface area contributed by atoms with Crippen molar-refractivity contribution in [2.45, 2.75) is 31.3 Å². The van der Waals surface area contributed by atoms with Crippen LogP contribution in [0.5, 0.6) is 0 Å². The second-order valence-electron chi connectivity index (χ2n) is 4.76. The van der Waals surface area contributed by atoms with Gasteiger partial charge in [0, 0.05) is 11.6 Å². The van der Waals surface area contributed by atoms with Crippen LogP contribution >= 0.6 is 11.6 Å². The fraction of sp³-hybridized carbons (Fsp3) is 0.429. The number of nitrogens with zero attached hydrogens (tertiary/aromatic N) is 2. The summed E-state index contributed by atoms with van der Waals surface area (Å²) in [6, 6.07) is 8.52. The molecule has 1 aromatic rings. The van der Waals surface area contributed by atoms with Crippen LogP contribution in [0.2, 0.25) is 5.02 Å². The Bertz CT molecular complexity index is 494. The average Bonchev–Trinajstić information content (AvgIpc) is 2.88. The van der Waals surface area contributed by atoms with Crippen molar-refractivity contribution in [3.63, 3.8) is 0 Å². The number of rotatable bonds is 3. The number of hydrogen-bond donors (Lipinski definition) is 1. The maximum absolute atomic E-state index is 12.2. The van der Waals surface area contributed by atoms with Gasteiger partial charge in [-0.2, -0.15) is 5.26 Å². The number of benzene rings is 1. The Morgan fingerprint density at radius 1 is 1.53 bits per heavy atom. The molecule has 2 N–H and O–H groups in total. The summed E-state index contributed by atoms with van der Waals surface area (Å²) in [6.45, 7) is 0.630. The van der Waals surface area contributed by atoms with E-state index in [1.807, 2.05) is 12.1 Å². The average molecular weight is 278 g/mol. The van der Waals surface area contributed by atoms with E-state index in [1.54, 1.807) is 17.0 Å². The molecule has 1 saturated heterocycles. The molecule has 19 heavy (non-hydrogen) atoms. The molecule has 2 atom stereocenters. The van der Waals surface area contributed by atoms with E-state index in [0.717, 1.165) is 18.4 Å². The van der Waals surface area contributed by atoms with Gasteiger partial charge in [-0.25, -0.2) is 0 Å². The number of halogens is 1. The first kappa shape index (κ1) is 13.9. The molecule has 0 unspecified atom stereocenters. The molecular formula is C14H16ClN3O. The van der Waals surface area contributed by atoms with Gasteiger partial charge in [-0.05, 0) is 37.0 Å². The van der Waals surface area contributed by atoms with Crippen molar-refractivity contribution < 1.29 is 4.79 Å². The van der Waals surface area contributed by atoms with Crippen LogP contribution in [0.4, 0.5) is 0 Å². The van der Waals surface area contributed by atoms with E-state index in [-0.39, 0.29) is 11.9 Å². The molecule has 1 heterocycles. The molecule has 0 saturated carbocycles. The highest BCUT2D eigenvalue weighted by Crippen LogP contribution is 2.18.